The molecule has 0 saturated carbocycles. The fourth-order valence-corrected chi connectivity index (χ4v) is 2.01. The number of aromatic nitrogens is 2. The van der Waals surface area contributed by atoms with Gasteiger partial charge in [-0.2, -0.15) is 0 Å². The summed E-state index contributed by atoms with van der Waals surface area (Å²) in [5.74, 6) is 1.34. The quantitative estimate of drug-likeness (QED) is 0.819. The van der Waals surface area contributed by atoms with Crippen molar-refractivity contribution in [1.29, 1.82) is 0 Å². The number of hydrogen-bond donors (Lipinski definition) is 2. The molecular formula is C15H19N3O2. The molecule has 0 aliphatic heterocycles. The summed E-state index contributed by atoms with van der Waals surface area (Å²) < 4.78 is 5.40. The molecule has 0 amide bonds. The second-order valence-corrected chi connectivity index (χ2v) is 4.51. The zero-order valence-electron chi connectivity index (χ0n) is 11.8. The average molecular weight is 273 g/mol. The smallest absolute Gasteiger partial charge is 0.251 e. The molecule has 0 fully saturated rings. The van der Waals surface area contributed by atoms with Gasteiger partial charge >= 0.3 is 0 Å². The van der Waals surface area contributed by atoms with Crippen LogP contribution in [0, 0.1) is 0 Å². The van der Waals surface area contributed by atoms with Crippen molar-refractivity contribution in [2.75, 3.05) is 12.3 Å². The van der Waals surface area contributed by atoms with E-state index in [1.807, 2.05) is 19.9 Å². The monoisotopic (exact) mass is 273 g/mol. The molecule has 106 valence electrons. The highest BCUT2D eigenvalue weighted by Crippen LogP contribution is 2.27. The summed E-state index contributed by atoms with van der Waals surface area (Å²) in [6, 6.07) is 6.92. The Balaban J connectivity index is 2.40. The number of ether oxygens (including phenoxy) is 1. The van der Waals surface area contributed by atoms with Gasteiger partial charge in [0.15, 0.2) is 0 Å². The molecule has 0 atom stereocenters. The molecule has 0 unspecified atom stereocenters. The van der Waals surface area contributed by atoms with Crippen molar-refractivity contribution < 1.29 is 4.74 Å². The predicted octanol–water partition coefficient (Wildman–Crippen LogP) is 2.37. The van der Waals surface area contributed by atoms with E-state index in [0.717, 1.165) is 18.4 Å². The van der Waals surface area contributed by atoms with E-state index in [9.17, 15) is 4.79 Å². The number of nitrogen functional groups attached to an aromatic ring is 1. The first-order valence-electron chi connectivity index (χ1n) is 6.77. The van der Waals surface area contributed by atoms with E-state index in [4.69, 9.17) is 10.5 Å². The van der Waals surface area contributed by atoms with Gasteiger partial charge < -0.3 is 15.5 Å². The van der Waals surface area contributed by atoms with Crippen molar-refractivity contribution in [3.05, 3.63) is 40.4 Å². The lowest BCUT2D eigenvalue weighted by molar-refractivity contribution is 0.342. The van der Waals surface area contributed by atoms with E-state index in [2.05, 4.69) is 9.97 Å². The third-order valence-corrected chi connectivity index (χ3v) is 2.88. The van der Waals surface area contributed by atoms with E-state index in [-0.39, 0.29) is 5.56 Å². The van der Waals surface area contributed by atoms with Crippen molar-refractivity contribution in [3.63, 3.8) is 0 Å². The topological polar surface area (TPSA) is 81.0 Å². The minimum absolute atomic E-state index is 0.147. The minimum atomic E-state index is -0.147. The van der Waals surface area contributed by atoms with E-state index in [1.54, 1.807) is 12.1 Å². The van der Waals surface area contributed by atoms with E-state index >= 15 is 0 Å². The molecule has 3 N–H and O–H groups in total. The fraction of sp³-hybridized carbons (Fsp3) is 0.333. The van der Waals surface area contributed by atoms with Gasteiger partial charge in [0.2, 0.25) is 0 Å². The van der Waals surface area contributed by atoms with Crippen LogP contribution in [0.4, 0.5) is 5.69 Å². The van der Waals surface area contributed by atoms with Crippen LogP contribution < -0.4 is 16.0 Å². The molecule has 0 spiro atoms. The number of H-pyrrole nitrogens is 1. The molecule has 2 aromatic rings. The van der Waals surface area contributed by atoms with Gasteiger partial charge in [0.25, 0.3) is 5.56 Å². The number of hydrogen-bond acceptors (Lipinski definition) is 4. The average Bonchev–Trinajstić information content (AvgIpc) is 2.41. The number of anilines is 1. The van der Waals surface area contributed by atoms with Crippen molar-refractivity contribution >= 4 is 5.69 Å². The standard InChI is InChI=1S/C15H19N3O2/c1-3-5-14-17-12(9-15(19)18-14)10-6-7-13(20-4-2)11(16)8-10/h6-9H,3-5,16H2,1-2H3,(H,17,18,19). The Hall–Kier alpha value is -2.30. The summed E-state index contributed by atoms with van der Waals surface area (Å²) in [5.41, 5.74) is 7.78. The number of nitrogens with one attached hydrogen (secondary N) is 1. The third kappa shape index (κ3) is 3.17. The summed E-state index contributed by atoms with van der Waals surface area (Å²) in [7, 11) is 0. The Bertz CT molecular complexity index is 650. The number of nitrogens with zero attached hydrogens (tertiary/aromatic N) is 1. The van der Waals surface area contributed by atoms with Crippen molar-refractivity contribution in [2.45, 2.75) is 26.7 Å². The summed E-state index contributed by atoms with van der Waals surface area (Å²) in [5, 5.41) is 0. The number of benzene rings is 1. The van der Waals surface area contributed by atoms with Gasteiger partial charge in [-0.1, -0.05) is 6.92 Å². The Morgan fingerprint density at radius 3 is 2.75 bits per heavy atom. The van der Waals surface area contributed by atoms with Gasteiger partial charge in [0.05, 0.1) is 18.0 Å². The maximum Gasteiger partial charge on any atom is 0.251 e. The number of aromatic amines is 1. The Morgan fingerprint density at radius 2 is 2.10 bits per heavy atom. The second kappa shape index (κ2) is 6.23. The molecule has 2 rings (SSSR count). The number of nitrogens with two attached hydrogens (primary N) is 1. The lowest BCUT2D eigenvalue weighted by atomic mass is 10.1. The van der Waals surface area contributed by atoms with Crippen LogP contribution in [0.15, 0.2) is 29.1 Å². The number of aryl methyl sites for hydroxylation is 1. The predicted molar refractivity (Wildman–Crippen MR) is 79.9 cm³/mol. The van der Waals surface area contributed by atoms with Gasteiger partial charge in [0.1, 0.15) is 11.6 Å². The maximum atomic E-state index is 11.7. The van der Waals surface area contributed by atoms with Gasteiger partial charge in [-0.25, -0.2) is 4.98 Å². The third-order valence-electron chi connectivity index (χ3n) is 2.88. The molecule has 0 aliphatic rings. The van der Waals surface area contributed by atoms with Crippen LogP contribution in [-0.2, 0) is 6.42 Å². The van der Waals surface area contributed by atoms with Crippen molar-refractivity contribution in [3.8, 4) is 17.0 Å². The van der Waals surface area contributed by atoms with E-state index in [1.165, 1.54) is 6.07 Å². The molecule has 5 heteroatoms. The summed E-state index contributed by atoms with van der Waals surface area (Å²) in [4.78, 5) is 18.9. The van der Waals surface area contributed by atoms with Crippen LogP contribution in [0.5, 0.6) is 5.75 Å². The highest BCUT2D eigenvalue weighted by molar-refractivity contribution is 5.68. The molecular weight excluding hydrogens is 254 g/mol. The molecule has 1 aromatic heterocycles. The molecule has 1 heterocycles. The first kappa shape index (κ1) is 14.1. The largest absolute Gasteiger partial charge is 0.492 e. The Kier molecular flexibility index (Phi) is 4.40. The van der Waals surface area contributed by atoms with Gasteiger partial charge in [-0.05, 0) is 31.5 Å². The highest BCUT2D eigenvalue weighted by atomic mass is 16.5. The van der Waals surface area contributed by atoms with Crippen LogP contribution in [0.2, 0.25) is 0 Å². The highest BCUT2D eigenvalue weighted by Gasteiger charge is 2.07. The van der Waals surface area contributed by atoms with Crippen LogP contribution in [0.1, 0.15) is 26.1 Å². The molecule has 0 bridgehead atoms. The fourth-order valence-electron chi connectivity index (χ4n) is 2.01. The molecule has 0 radical (unpaired) electrons. The molecule has 1 aromatic carbocycles. The van der Waals surface area contributed by atoms with E-state index in [0.29, 0.717) is 29.6 Å². The first-order valence-corrected chi connectivity index (χ1v) is 6.77. The molecule has 5 nitrogen and oxygen atoms in total. The zero-order valence-corrected chi connectivity index (χ0v) is 11.8. The van der Waals surface area contributed by atoms with E-state index < -0.39 is 0 Å². The second-order valence-electron chi connectivity index (χ2n) is 4.51. The molecule has 0 saturated heterocycles. The van der Waals surface area contributed by atoms with Crippen molar-refractivity contribution in [1.82, 2.24) is 9.97 Å². The summed E-state index contributed by atoms with van der Waals surface area (Å²) >= 11 is 0. The normalized spacial score (nSPS) is 10.5. The lowest BCUT2D eigenvalue weighted by Gasteiger charge is -2.09. The molecule has 20 heavy (non-hydrogen) atoms. The summed E-state index contributed by atoms with van der Waals surface area (Å²) in [6.45, 7) is 4.51. The van der Waals surface area contributed by atoms with Gasteiger partial charge in [-0.15, -0.1) is 0 Å². The maximum absolute atomic E-state index is 11.7. The Morgan fingerprint density at radius 1 is 1.30 bits per heavy atom. The van der Waals surface area contributed by atoms with Crippen molar-refractivity contribution in [2.24, 2.45) is 0 Å². The molecule has 0 aliphatic carbocycles. The summed E-state index contributed by atoms with van der Waals surface area (Å²) in [6.07, 6.45) is 1.67. The SMILES string of the molecule is CCCc1nc(-c2ccc(OCC)c(N)c2)cc(=O)[nH]1. The first-order chi connectivity index (χ1) is 9.63. The lowest BCUT2D eigenvalue weighted by Crippen LogP contribution is -2.11. The van der Waals surface area contributed by atoms with Gasteiger partial charge in [0, 0.05) is 18.1 Å². The zero-order chi connectivity index (χ0) is 14.5. The Labute approximate surface area is 117 Å². The van der Waals surface area contributed by atoms with Crippen LogP contribution in [0.3, 0.4) is 0 Å². The van der Waals surface area contributed by atoms with Crippen LogP contribution in [-0.4, -0.2) is 16.6 Å². The van der Waals surface area contributed by atoms with Crippen LogP contribution >= 0.6 is 0 Å². The number of rotatable bonds is 5. The van der Waals surface area contributed by atoms with Crippen LogP contribution in [0.25, 0.3) is 11.3 Å². The van der Waals surface area contributed by atoms with Gasteiger partial charge in [-0.3, -0.25) is 4.79 Å². The minimum Gasteiger partial charge on any atom is -0.492 e.